The summed E-state index contributed by atoms with van der Waals surface area (Å²) in [4.78, 5) is 10.4. The number of nitrogens with one attached hydrogen (secondary N) is 1. The fourth-order valence-corrected chi connectivity index (χ4v) is 2.77. The van der Waals surface area contributed by atoms with Crippen molar-refractivity contribution in [2.75, 3.05) is 0 Å². The van der Waals surface area contributed by atoms with Crippen LogP contribution in [-0.4, -0.2) is 25.5 Å². The molecule has 18 heavy (non-hydrogen) atoms. The molecule has 1 rings (SSSR count). The van der Waals surface area contributed by atoms with Gasteiger partial charge in [0.15, 0.2) is 0 Å². The van der Waals surface area contributed by atoms with Crippen molar-refractivity contribution in [2.24, 2.45) is 0 Å². The normalized spacial score (nSPS) is 12.9. The summed E-state index contributed by atoms with van der Waals surface area (Å²) in [6, 6.07) is 2.21. The van der Waals surface area contributed by atoms with Crippen LogP contribution in [0.5, 0.6) is 0 Å². The Balaban J connectivity index is 3.06. The second-order valence-corrected chi connectivity index (χ2v) is 5.40. The molecule has 0 spiro atoms. The van der Waals surface area contributed by atoms with Crippen LogP contribution in [0.3, 0.4) is 0 Å². The van der Waals surface area contributed by atoms with E-state index >= 15 is 0 Å². The Hall–Kier alpha value is -1.85. The molecule has 0 radical (unpaired) electrons. The van der Waals surface area contributed by atoms with Gasteiger partial charge in [0, 0.05) is 12.1 Å². The Kier molecular flexibility index (Phi) is 4.11. The Bertz CT molecular complexity index is 596. The molecular weight excluding hydrogens is 260 g/mol. The van der Waals surface area contributed by atoms with Crippen LogP contribution >= 0.6 is 0 Å². The van der Waals surface area contributed by atoms with Gasteiger partial charge >= 0.3 is 5.97 Å². The van der Waals surface area contributed by atoms with Crippen molar-refractivity contribution in [2.45, 2.75) is 31.2 Å². The standard InChI is InChI=1S/C10H12N2O5S/c1-6(3-4-11)12-18(15,16)9-5-8(10(13)14)17-7(9)2/h5-6,12H,3H2,1-2H3,(H,13,14). The van der Waals surface area contributed by atoms with Gasteiger partial charge in [0.2, 0.25) is 15.8 Å². The summed E-state index contributed by atoms with van der Waals surface area (Å²) < 4.78 is 30.9. The third-order valence-corrected chi connectivity index (χ3v) is 3.82. The number of carboxylic acids is 1. The van der Waals surface area contributed by atoms with Crippen LogP contribution in [-0.2, 0) is 10.0 Å². The summed E-state index contributed by atoms with van der Waals surface area (Å²) >= 11 is 0. The van der Waals surface area contributed by atoms with Crippen LogP contribution < -0.4 is 4.72 Å². The first kappa shape index (κ1) is 14.2. The molecular formula is C10H12N2O5S. The quantitative estimate of drug-likeness (QED) is 0.820. The maximum absolute atomic E-state index is 11.9. The molecule has 1 aromatic rings. The highest BCUT2D eigenvalue weighted by atomic mass is 32.2. The summed E-state index contributed by atoms with van der Waals surface area (Å²) in [6.07, 6.45) is 0.0158. The predicted octanol–water partition coefficient (Wildman–Crippen LogP) is 0.867. The van der Waals surface area contributed by atoms with Gasteiger partial charge in [-0.05, 0) is 13.8 Å². The maximum atomic E-state index is 11.9. The molecule has 0 aromatic carbocycles. The third-order valence-electron chi connectivity index (χ3n) is 2.13. The van der Waals surface area contributed by atoms with Gasteiger partial charge in [-0.15, -0.1) is 0 Å². The lowest BCUT2D eigenvalue weighted by Crippen LogP contribution is -2.32. The van der Waals surface area contributed by atoms with E-state index in [9.17, 15) is 13.2 Å². The Morgan fingerprint density at radius 3 is 2.72 bits per heavy atom. The average Bonchev–Trinajstić information content (AvgIpc) is 2.60. The van der Waals surface area contributed by atoms with E-state index in [1.807, 2.05) is 6.07 Å². The molecule has 0 fully saturated rings. The predicted molar refractivity (Wildman–Crippen MR) is 60.4 cm³/mol. The summed E-state index contributed by atoms with van der Waals surface area (Å²) in [5.41, 5.74) is 0. The number of hydrogen-bond acceptors (Lipinski definition) is 5. The van der Waals surface area contributed by atoms with E-state index < -0.39 is 27.8 Å². The molecule has 0 bridgehead atoms. The molecule has 7 nitrogen and oxygen atoms in total. The van der Waals surface area contributed by atoms with Gasteiger partial charge in [-0.25, -0.2) is 17.9 Å². The lowest BCUT2D eigenvalue weighted by atomic mass is 10.3. The van der Waals surface area contributed by atoms with Gasteiger partial charge < -0.3 is 9.52 Å². The zero-order chi connectivity index (χ0) is 13.9. The number of hydrogen-bond donors (Lipinski definition) is 2. The summed E-state index contributed by atoms with van der Waals surface area (Å²) in [7, 11) is -3.88. The highest BCUT2D eigenvalue weighted by Crippen LogP contribution is 2.20. The van der Waals surface area contributed by atoms with Crippen LogP contribution in [0.2, 0.25) is 0 Å². The minimum atomic E-state index is -3.88. The van der Waals surface area contributed by atoms with Crippen molar-refractivity contribution < 1.29 is 22.7 Å². The van der Waals surface area contributed by atoms with Crippen molar-refractivity contribution in [3.63, 3.8) is 0 Å². The van der Waals surface area contributed by atoms with Gasteiger partial charge in [0.25, 0.3) is 0 Å². The zero-order valence-electron chi connectivity index (χ0n) is 9.80. The molecule has 0 aliphatic rings. The summed E-state index contributed by atoms with van der Waals surface area (Å²) in [5, 5.41) is 17.2. The number of carbonyl (C=O) groups is 1. The number of aromatic carboxylic acids is 1. The third kappa shape index (κ3) is 3.09. The lowest BCUT2D eigenvalue weighted by molar-refractivity contribution is 0.0661. The first-order chi connectivity index (χ1) is 8.27. The molecule has 8 heteroatoms. The Morgan fingerprint density at radius 1 is 1.67 bits per heavy atom. The molecule has 1 aromatic heterocycles. The summed E-state index contributed by atoms with van der Waals surface area (Å²) in [6.45, 7) is 2.89. The zero-order valence-corrected chi connectivity index (χ0v) is 10.6. The fourth-order valence-electron chi connectivity index (χ4n) is 1.34. The smallest absolute Gasteiger partial charge is 0.371 e. The van der Waals surface area contributed by atoms with E-state index in [4.69, 9.17) is 14.8 Å². The van der Waals surface area contributed by atoms with Crippen LogP contribution in [0.1, 0.15) is 29.7 Å². The van der Waals surface area contributed by atoms with Crippen molar-refractivity contribution in [1.82, 2.24) is 4.72 Å². The van der Waals surface area contributed by atoms with E-state index in [0.717, 1.165) is 6.07 Å². The van der Waals surface area contributed by atoms with Crippen LogP contribution in [0.4, 0.5) is 0 Å². The second kappa shape index (κ2) is 5.20. The second-order valence-electron chi connectivity index (χ2n) is 3.72. The van der Waals surface area contributed by atoms with Gasteiger partial charge in [-0.2, -0.15) is 5.26 Å². The van der Waals surface area contributed by atoms with Crippen molar-refractivity contribution in [1.29, 1.82) is 5.26 Å². The molecule has 2 N–H and O–H groups in total. The molecule has 98 valence electrons. The molecule has 0 saturated carbocycles. The van der Waals surface area contributed by atoms with Gasteiger partial charge in [-0.3, -0.25) is 0 Å². The van der Waals surface area contributed by atoms with Gasteiger partial charge in [0.05, 0.1) is 12.5 Å². The molecule has 0 amide bonds. The van der Waals surface area contributed by atoms with E-state index in [2.05, 4.69) is 4.72 Å². The number of aryl methyl sites for hydroxylation is 1. The van der Waals surface area contributed by atoms with Crippen LogP contribution in [0.15, 0.2) is 15.4 Å². The number of rotatable bonds is 5. The lowest BCUT2D eigenvalue weighted by Gasteiger charge is -2.09. The number of carboxylic acid groups (broad SMARTS) is 1. The van der Waals surface area contributed by atoms with Crippen molar-refractivity contribution in [3.05, 3.63) is 17.6 Å². The van der Waals surface area contributed by atoms with Crippen LogP contribution in [0.25, 0.3) is 0 Å². The highest BCUT2D eigenvalue weighted by Gasteiger charge is 2.25. The topological polar surface area (TPSA) is 120 Å². The minimum absolute atomic E-state index is 0.0101. The van der Waals surface area contributed by atoms with Gasteiger partial charge in [-0.1, -0.05) is 0 Å². The molecule has 0 saturated heterocycles. The van der Waals surface area contributed by atoms with E-state index in [1.54, 1.807) is 0 Å². The minimum Gasteiger partial charge on any atom is -0.475 e. The van der Waals surface area contributed by atoms with E-state index in [1.165, 1.54) is 13.8 Å². The number of furan rings is 1. The van der Waals surface area contributed by atoms with Crippen molar-refractivity contribution in [3.8, 4) is 6.07 Å². The molecule has 1 unspecified atom stereocenters. The SMILES string of the molecule is Cc1oc(C(=O)O)cc1S(=O)(=O)NC(C)CC#N. The molecule has 1 heterocycles. The first-order valence-corrected chi connectivity index (χ1v) is 6.49. The molecule has 0 aliphatic heterocycles. The maximum Gasteiger partial charge on any atom is 0.371 e. The monoisotopic (exact) mass is 272 g/mol. The van der Waals surface area contributed by atoms with E-state index in [0.29, 0.717) is 0 Å². The fraction of sp³-hybridized carbons (Fsp3) is 0.400. The van der Waals surface area contributed by atoms with Crippen LogP contribution in [0, 0.1) is 18.3 Å². The van der Waals surface area contributed by atoms with Gasteiger partial charge in [0.1, 0.15) is 10.7 Å². The van der Waals surface area contributed by atoms with E-state index in [-0.39, 0.29) is 17.1 Å². The number of nitrogens with zero attached hydrogens (tertiary/aromatic N) is 1. The largest absolute Gasteiger partial charge is 0.475 e. The summed E-state index contributed by atoms with van der Waals surface area (Å²) in [5.74, 6) is -1.80. The Morgan fingerprint density at radius 2 is 2.28 bits per heavy atom. The average molecular weight is 272 g/mol. The molecule has 0 aliphatic carbocycles. The number of sulfonamides is 1. The van der Waals surface area contributed by atoms with Crippen molar-refractivity contribution >= 4 is 16.0 Å². The number of nitriles is 1. The molecule has 1 atom stereocenters. The first-order valence-electron chi connectivity index (χ1n) is 5.01. The highest BCUT2D eigenvalue weighted by molar-refractivity contribution is 7.89. The Labute approximate surface area is 104 Å².